The Kier molecular flexibility index (Phi) is 18.1. The van der Waals surface area contributed by atoms with Crippen LogP contribution in [0, 0.1) is 5.92 Å². The molecule has 0 aliphatic rings. The Bertz CT molecular complexity index is 156. The molecule has 0 saturated heterocycles. The van der Waals surface area contributed by atoms with Gasteiger partial charge in [0.2, 0.25) is 0 Å². The zero-order chi connectivity index (χ0) is 10.3. The minimum absolute atomic E-state index is 0. The Morgan fingerprint density at radius 3 is 2.27 bits per heavy atom. The van der Waals surface area contributed by atoms with Crippen LogP contribution in [0.2, 0.25) is 0 Å². The van der Waals surface area contributed by atoms with Gasteiger partial charge in [0.25, 0.3) is 0 Å². The molecule has 0 rings (SSSR count). The fraction of sp³-hybridized carbons (Fsp3) is 0.900. The van der Waals surface area contributed by atoms with Crippen LogP contribution in [0.1, 0.15) is 46.5 Å². The molecular weight excluding hydrogens is 273 g/mol. The van der Waals surface area contributed by atoms with E-state index in [9.17, 15) is 4.79 Å². The summed E-state index contributed by atoms with van der Waals surface area (Å²) in [5.41, 5.74) is 0. The van der Waals surface area contributed by atoms with Crippen molar-refractivity contribution in [2.24, 2.45) is 5.92 Å². The molecule has 0 bridgehead atoms. The Labute approximate surface area is 118 Å². The number of carbonyl (C=O) groups is 1. The van der Waals surface area contributed by atoms with E-state index in [1.807, 2.05) is 13.8 Å². The molecule has 2 nitrogen and oxygen atoms in total. The van der Waals surface area contributed by atoms with Crippen molar-refractivity contribution in [3.05, 3.63) is 0 Å². The summed E-state index contributed by atoms with van der Waals surface area (Å²) >= 11 is 2.47. The maximum Gasteiger partial charge on any atom is 0.307 e. The number of esters is 1. The van der Waals surface area contributed by atoms with Crippen molar-refractivity contribution in [2.45, 2.75) is 51.4 Å². The van der Waals surface area contributed by atoms with Crippen molar-refractivity contribution in [3.8, 4) is 0 Å². The van der Waals surface area contributed by atoms with E-state index in [-0.39, 0.29) is 46.0 Å². The molecule has 5 heteroatoms. The van der Waals surface area contributed by atoms with Gasteiger partial charge in [-0.1, -0.05) is 26.7 Å². The summed E-state index contributed by atoms with van der Waals surface area (Å²) in [4.78, 5) is 11.4. The van der Waals surface area contributed by atoms with Crippen LogP contribution in [-0.2, 0) is 26.3 Å². The van der Waals surface area contributed by atoms with Gasteiger partial charge < -0.3 is 4.74 Å². The van der Waals surface area contributed by atoms with Crippen LogP contribution in [0.5, 0.6) is 0 Å². The van der Waals surface area contributed by atoms with Gasteiger partial charge in [-0.3, -0.25) is 4.79 Å². The Balaban J connectivity index is -0.000000720. The number of ether oxygens (including phenoxy) is 1. The number of hydrogen-bond donors (Lipinski definition) is 0. The standard InChI is InChI=1S/C10H19O2.Al.ClH.Co/c1-4-7-8-9(5-2)10(11)12-6-3;;;/h6,9H,4-5,7-8H2,1-3H3;;1H;. The first-order valence-electron chi connectivity index (χ1n) is 5.07. The van der Waals surface area contributed by atoms with Crippen molar-refractivity contribution in [1.29, 1.82) is 0 Å². The first-order chi connectivity index (χ1) is 6.11. The molecule has 15 heavy (non-hydrogen) atoms. The van der Waals surface area contributed by atoms with Gasteiger partial charge in [0, 0.05) is 21.7 Å². The second-order valence-corrected chi connectivity index (χ2v) is 4.33. The third-order valence-corrected chi connectivity index (χ3v) is 2.17. The molecule has 0 fully saturated rings. The van der Waals surface area contributed by atoms with Crippen molar-refractivity contribution in [1.82, 2.24) is 0 Å². The van der Waals surface area contributed by atoms with E-state index in [0.717, 1.165) is 25.7 Å². The zero-order valence-corrected chi connectivity index (χ0v) is 12.6. The van der Waals surface area contributed by atoms with E-state index in [2.05, 4.69) is 23.2 Å². The third kappa shape index (κ3) is 11.1. The summed E-state index contributed by atoms with van der Waals surface area (Å²) in [5.74, 6) is 0.0569. The first-order valence-corrected chi connectivity index (χ1v) is 5.74. The zero-order valence-electron chi connectivity index (χ0n) is 9.62. The molecule has 0 aliphatic heterocycles. The predicted octanol–water partition coefficient (Wildman–Crippen LogP) is 2.68. The minimum atomic E-state index is -0.0665. The molecule has 0 aromatic rings. The maximum absolute atomic E-state index is 11.5. The van der Waals surface area contributed by atoms with Crippen LogP contribution >= 0.6 is 12.4 Å². The normalized spacial score (nSPS) is 13.0. The number of rotatable bonds is 6. The van der Waals surface area contributed by atoms with Gasteiger partial charge in [-0.25, -0.2) is 0 Å². The van der Waals surface area contributed by atoms with E-state index in [4.69, 9.17) is 4.74 Å². The van der Waals surface area contributed by atoms with E-state index < -0.39 is 0 Å². The molecule has 0 aromatic carbocycles. The molecule has 0 heterocycles. The molecule has 91 valence electrons. The molecule has 0 aliphatic carbocycles. The first kappa shape index (κ1) is 21.1. The second kappa shape index (κ2) is 12.9. The van der Waals surface area contributed by atoms with E-state index >= 15 is 0 Å². The topological polar surface area (TPSA) is 26.3 Å². The number of hydrogen-bond acceptors (Lipinski definition) is 2. The van der Waals surface area contributed by atoms with Gasteiger partial charge in [-0.15, -0.1) is 12.4 Å². The van der Waals surface area contributed by atoms with Crippen LogP contribution < -0.4 is 0 Å². The molecular formula is C10H20AlClCoO2. The van der Waals surface area contributed by atoms with Crippen molar-refractivity contribution in [3.63, 3.8) is 0 Å². The quantitative estimate of drug-likeness (QED) is 0.556. The Morgan fingerprint density at radius 2 is 1.93 bits per heavy atom. The summed E-state index contributed by atoms with van der Waals surface area (Å²) < 4.78 is 5.12. The molecule has 0 N–H and O–H groups in total. The van der Waals surface area contributed by atoms with Crippen molar-refractivity contribution < 1.29 is 26.3 Å². The number of carbonyl (C=O) groups excluding carboxylic acids is 1. The van der Waals surface area contributed by atoms with Gasteiger partial charge in [0.1, 0.15) is 0 Å². The fourth-order valence-corrected chi connectivity index (χ4v) is 1.35. The summed E-state index contributed by atoms with van der Waals surface area (Å²) in [5, 5.41) is 0. The Hall–Kier alpha value is 0.799. The van der Waals surface area contributed by atoms with E-state index in [1.165, 1.54) is 0 Å². The third-order valence-electron chi connectivity index (χ3n) is 2.03. The van der Waals surface area contributed by atoms with E-state index in [0.29, 0.717) is 0 Å². The number of unbranched alkanes of at least 4 members (excludes halogenated alkanes) is 1. The fourth-order valence-electron chi connectivity index (χ4n) is 1.22. The smallest absolute Gasteiger partial charge is 0.307 e. The van der Waals surface area contributed by atoms with Crippen LogP contribution in [0.3, 0.4) is 0 Å². The van der Waals surface area contributed by atoms with Crippen molar-refractivity contribution >= 4 is 34.7 Å². The largest absolute Gasteiger partial charge is 0.481 e. The van der Waals surface area contributed by atoms with Crippen LogP contribution in [0.25, 0.3) is 0 Å². The SMILES string of the molecule is CCCCC(CC)C(=O)O[CH](C)[Al].Cl.[Co]. The van der Waals surface area contributed by atoms with Gasteiger partial charge in [-0.2, -0.15) is 0 Å². The summed E-state index contributed by atoms with van der Waals surface area (Å²) in [6.45, 7) is 6.03. The molecule has 2 unspecified atom stereocenters. The maximum atomic E-state index is 11.5. The molecule has 0 amide bonds. The summed E-state index contributed by atoms with van der Waals surface area (Å²) in [6.07, 6.45) is 4.10. The summed E-state index contributed by atoms with van der Waals surface area (Å²) in [7, 11) is 0. The second-order valence-electron chi connectivity index (χ2n) is 3.39. The Morgan fingerprint density at radius 1 is 1.40 bits per heavy atom. The number of halogens is 1. The molecule has 0 spiro atoms. The van der Waals surface area contributed by atoms with Crippen LogP contribution in [0.4, 0.5) is 0 Å². The van der Waals surface area contributed by atoms with Crippen LogP contribution in [0.15, 0.2) is 0 Å². The average Bonchev–Trinajstić information content (AvgIpc) is 2.04. The molecule has 2 atom stereocenters. The predicted molar refractivity (Wildman–Crippen MR) is 61.9 cm³/mol. The van der Waals surface area contributed by atoms with E-state index in [1.54, 1.807) is 0 Å². The summed E-state index contributed by atoms with van der Waals surface area (Å²) in [6, 6.07) is 0. The van der Waals surface area contributed by atoms with Crippen LogP contribution in [-0.4, -0.2) is 27.2 Å². The molecule has 3 radical (unpaired) electrons. The molecule has 0 aromatic heterocycles. The van der Waals surface area contributed by atoms with Crippen molar-refractivity contribution in [2.75, 3.05) is 0 Å². The monoisotopic (exact) mass is 293 g/mol. The van der Waals surface area contributed by atoms with Gasteiger partial charge in [-0.05, 0) is 19.8 Å². The van der Waals surface area contributed by atoms with Gasteiger partial charge in [0.05, 0.1) is 5.92 Å². The molecule has 0 saturated carbocycles. The average molecular weight is 294 g/mol. The van der Waals surface area contributed by atoms with Gasteiger partial charge in [0.15, 0.2) is 16.3 Å². The van der Waals surface area contributed by atoms with Gasteiger partial charge >= 0.3 is 5.97 Å². The minimum Gasteiger partial charge on any atom is -0.481 e.